The first-order chi connectivity index (χ1) is 6.38. The first kappa shape index (κ1) is 13.7. The molecule has 0 aromatic carbocycles. The maximum atomic E-state index is 12.1. The van der Waals surface area contributed by atoms with Gasteiger partial charge in [0.25, 0.3) is 0 Å². The fraction of sp³-hybridized carbons (Fsp3) is 1.00. The van der Waals surface area contributed by atoms with Gasteiger partial charge in [0.05, 0.1) is 12.5 Å². The summed E-state index contributed by atoms with van der Waals surface area (Å²) in [6.45, 7) is 3.61. The minimum Gasteiger partial charge on any atom is -0.381 e. The van der Waals surface area contributed by atoms with Crippen LogP contribution in [0.3, 0.4) is 0 Å². The average molecular weight is 213 g/mol. The van der Waals surface area contributed by atoms with E-state index >= 15 is 0 Å². The van der Waals surface area contributed by atoms with Crippen molar-refractivity contribution < 1.29 is 17.9 Å². The van der Waals surface area contributed by atoms with Crippen molar-refractivity contribution in [3.05, 3.63) is 0 Å². The average Bonchev–Trinajstić information content (AvgIpc) is 2.01. The highest BCUT2D eigenvalue weighted by molar-refractivity contribution is 4.67. The Morgan fingerprint density at radius 1 is 1.29 bits per heavy atom. The number of hydrogen-bond acceptors (Lipinski definition) is 2. The zero-order valence-corrected chi connectivity index (χ0v) is 8.60. The first-order valence-corrected chi connectivity index (χ1v) is 4.72. The van der Waals surface area contributed by atoms with E-state index in [0.29, 0.717) is 12.5 Å². The summed E-state index contributed by atoms with van der Waals surface area (Å²) in [7, 11) is 0. The number of nitrogens with two attached hydrogens (primary N) is 1. The Kier molecular flexibility index (Phi) is 6.11. The molecule has 86 valence electrons. The van der Waals surface area contributed by atoms with E-state index < -0.39 is 18.6 Å². The molecule has 0 bridgehead atoms. The number of rotatable bonds is 6. The van der Waals surface area contributed by atoms with Gasteiger partial charge in [0.1, 0.15) is 0 Å². The van der Waals surface area contributed by atoms with Crippen LogP contribution in [0.25, 0.3) is 0 Å². The molecule has 1 atom stereocenters. The summed E-state index contributed by atoms with van der Waals surface area (Å²) in [6, 6.07) is 0. The third kappa shape index (κ3) is 6.21. The van der Waals surface area contributed by atoms with Crippen molar-refractivity contribution in [3.63, 3.8) is 0 Å². The van der Waals surface area contributed by atoms with E-state index in [-0.39, 0.29) is 6.61 Å². The van der Waals surface area contributed by atoms with Crippen LogP contribution >= 0.6 is 0 Å². The van der Waals surface area contributed by atoms with Crippen LogP contribution in [-0.4, -0.2) is 25.9 Å². The Morgan fingerprint density at radius 3 is 2.21 bits per heavy atom. The van der Waals surface area contributed by atoms with Gasteiger partial charge in [-0.25, -0.2) is 0 Å². The van der Waals surface area contributed by atoms with E-state index in [2.05, 4.69) is 0 Å². The van der Waals surface area contributed by atoms with Gasteiger partial charge in [-0.2, -0.15) is 13.2 Å². The maximum absolute atomic E-state index is 12.1. The van der Waals surface area contributed by atoms with Crippen LogP contribution < -0.4 is 5.73 Å². The largest absolute Gasteiger partial charge is 0.395 e. The number of ether oxygens (including phenoxy) is 1. The molecule has 0 aromatic rings. The molecule has 0 amide bonds. The van der Waals surface area contributed by atoms with Crippen LogP contribution in [0.15, 0.2) is 0 Å². The van der Waals surface area contributed by atoms with Crippen LogP contribution in [0.1, 0.15) is 20.3 Å². The number of hydrogen-bond donors (Lipinski definition) is 1. The lowest BCUT2D eigenvalue weighted by Crippen LogP contribution is -2.34. The van der Waals surface area contributed by atoms with Crippen molar-refractivity contribution in [2.75, 3.05) is 19.8 Å². The van der Waals surface area contributed by atoms with Gasteiger partial charge in [0, 0.05) is 13.2 Å². The van der Waals surface area contributed by atoms with E-state index in [9.17, 15) is 13.2 Å². The molecule has 0 saturated carbocycles. The molecule has 2 N–H and O–H groups in total. The van der Waals surface area contributed by atoms with Crippen LogP contribution in [0.5, 0.6) is 0 Å². The Balaban J connectivity index is 3.64. The fourth-order valence-electron chi connectivity index (χ4n) is 0.841. The Labute approximate surface area is 82.6 Å². The Bertz CT molecular complexity index is 147. The van der Waals surface area contributed by atoms with Gasteiger partial charge in [-0.15, -0.1) is 0 Å². The molecule has 5 heteroatoms. The lowest BCUT2D eigenvalue weighted by atomic mass is 10.1. The number of alkyl halides is 3. The summed E-state index contributed by atoms with van der Waals surface area (Å²) in [6.07, 6.45) is -3.47. The lowest BCUT2D eigenvalue weighted by Gasteiger charge is -2.18. The normalized spacial score (nSPS) is 14.8. The standard InChI is InChI=1S/C9H18F3NO/c1-7(2)3-4-14-6-8(5-13)9(10,11)12/h7-8H,3-6,13H2,1-2H3. The van der Waals surface area contributed by atoms with E-state index in [1.54, 1.807) is 0 Å². The summed E-state index contributed by atoms with van der Waals surface area (Å²) < 4.78 is 41.4. The third-order valence-electron chi connectivity index (χ3n) is 1.91. The number of halogens is 3. The Morgan fingerprint density at radius 2 is 1.86 bits per heavy atom. The predicted octanol–water partition coefficient (Wildman–Crippen LogP) is 2.19. The molecule has 2 nitrogen and oxygen atoms in total. The first-order valence-electron chi connectivity index (χ1n) is 4.72. The van der Waals surface area contributed by atoms with Crippen LogP contribution in [-0.2, 0) is 4.74 Å². The highest BCUT2D eigenvalue weighted by atomic mass is 19.4. The van der Waals surface area contributed by atoms with E-state index in [1.165, 1.54) is 0 Å². The molecule has 0 rings (SSSR count). The van der Waals surface area contributed by atoms with Crippen molar-refractivity contribution in [2.24, 2.45) is 17.6 Å². The van der Waals surface area contributed by atoms with Gasteiger partial charge in [-0.3, -0.25) is 0 Å². The van der Waals surface area contributed by atoms with Crippen molar-refractivity contribution in [1.29, 1.82) is 0 Å². The topological polar surface area (TPSA) is 35.2 Å². The van der Waals surface area contributed by atoms with Gasteiger partial charge in [0.2, 0.25) is 0 Å². The minimum absolute atomic E-state index is 0.327. The monoisotopic (exact) mass is 213 g/mol. The van der Waals surface area contributed by atoms with Crippen LogP contribution in [0, 0.1) is 11.8 Å². The maximum Gasteiger partial charge on any atom is 0.395 e. The molecular formula is C9H18F3NO. The van der Waals surface area contributed by atoms with Gasteiger partial charge >= 0.3 is 6.18 Å². The molecule has 0 aliphatic rings. The van der Waals surface area contributed by atoms with Crippen molar-refractivity contribution in [3.8, 4) is 0 Å². The second kappa shape index (κ2) is 6.24. The van der Waals surface area contributed by atoms with Crippen LogP contribution in [0.2, 0.25) is 0 Å². The van der Waals surface area contributed by atoms with Gasteiger partial charge in [-0.1, -0.05) is 13.8 Å². The molecule has 0 radical (unpaired) electrons. The predicted molar refractivity (Wildman–Crippen MR) is 48.9 cm³/mol. The molecule has 0 aromatic heterocycles. The molecule has 0 spiro atoms. The second-order valence-corrected chi connectivity index (χ2v) is 3.73. The summed E-state index contributed by atoms with van der Waals surface area (Å²) >= 11 is 0. The fourth-order valence-corrected chi connectivity index (χ4v) is 0.841. The Hall–Kier alpha value is -0.290. The summed E-state index contributed by atoms with van der Waals surface area (Å²) in [5.41, 5.74) is 5.00. The van der Waals surface area contributed by atoms with Crippen LogP contribution in [0.4, 0.5) is 13.2 Å². The molecule has 0 aliphatic carbocycles. The zero-order chi connectivity index (χ0) is 11.2. The molecule has 14 heavy (non-hydrogen) atoms. The molecule has 0 saturated heterocycles. The van der Waals surface area contributed by atoms with Crippen molar-refractivity contribution >= 4 is 0 Å². The molecule has 0 heterocycles. The lowest BCUT2D eigenvalue weighted by molar-refractivity contribution is -0.185. The molecule has 0 aliphatic heterocycles. The van der Waals surface area contributed by atoms with Gasteiger partial charge in [-0.05, 0) is 12.3 Å². The minimum atomic E-state index is -4.24. The van der Waals surface area contributed by atoms with Gasteiger partial charge < -0.3 is 10.5 Å². The quantitative estimate of drug-likeness (QED) is 0.686. The highest BCUT2D eigenvalue weighted by Crippen LogP contribution is 2.25. The molecule has 0 fully saturated rings. The SMILES string of the molecule is CC(C)CCOCC(CN)C(F)(F)F. The smallest absolute Gasteiger partial charge is 0.381 e. The third-order valence-corrected chi connectivity index (χ3v) is 1.91. The summed E-state index contributed by atoms with van der Waals surface area (Å²) in [4.78, 5) is 0. The molecular weight excluding hydrogens is 195 g/mol. The van der Waals surface area contributed by atoms with Crippen molar-refractivity contribution in [2.45, 2.75) is 26.4 Å². The van der Waals surface area contributed by atoms with E-state index in [4.69, 9.17) is 10.5 Å². The highest BCUT2D eigenvalue weighted by Gasteiger charge is 2.38. The summed E-state index contributed by atoms with van der Waals surface area (Å²) in [5, 5.41) is 0. The van der Waals surface area contributed by atoms with E-state index in [0.717, 1.165) is 6.42 Å². The zero-order valence-electron chi connectivity index (χ0n) is 8.60. The van der Waals surface area contributed by atoms with Crippen molar-refractivity contribution in [1.82, 2.24) is 0 Å². The second-order valence-electron chi connectivity index (χ2n) is 3.73. The molecule has 1 unspecified atom stereocenters. The van der Waals surface area contributed by atoms with Gasteiger partial charge in [0.15, 0.2) is 0 Å². The van der Waals surface area contributed by atoms with E-state index in [1.807, 2.05) is 13.8 Å². The summed E-state index contributed by atoms with van der Waals surface area (Å²) in [5.74, 6) is -1.09.